The fourth-order valence-corrected chi connectivity index (χ4v) is 1.23. The van der Waals surface area contributed by atoms with Crippen LogP contribution in [-0.2, 0) is 0 Å². The molecular weight excluding hydrogens is 219 g/mol. The summed E-state index contributed by atoms with van der Waals surface area (Å²) >= 11 is 5.75. The number of halogens is 2. The van der Waals surface area contributed by atoms with Gasteiger partial charge in [-0.3, -0.25) is 0 Å². The van der Waals surface area contributed by atoms with E-state index < -0.39 is 5.82 Å². The third-order valence-electron chi connectivity index (χ3n) is 1.89. The Labute approximate surface area is 90.9 Å². The summed E-state index contributed by atoms with van der Waals surface area (Å²) in [5.74, 6) is 0.0421. The molecule has 2 aromatic rings. The molecule has 0 fully saturated rings. The lowest BCUT2D eigenvalue weighted by molar-refractivity contribution is 0.503. The normalized spacial score (nSPS) is 12.7. The predicted octanol–water partition coefficient (Wildman–Crippen LogP) is 3.18. The highest BCUT2D eigenvalue weighted by Crippen LogP contribution is 2.24. The summed E-state index contributed by atoms with van der Waals surface area (Å²) in [5.41, 5.74) is 0.286. The van der Waals surface area contributed by atoms with E-state index in [0.29, 0.717) is 0 Å². The second kappa shape index (κ2) is 3.98. The van der Waals surface area contributed by atoms with Crippen molar-refractivity contribution in [1.29, 1.82) is 0 Å². The molecule has 1 heterocycles. The highest BCUT2D eigenvalue weighted by molar-refractivity contribution is 6.20. The van der Waals surface area contributed by atoms with Crippen molar-refractivity contribution in [3.8, 4) is 11.5 Å². The topological polar surface area (TPSA) is 38.9 Å². The first kappa shape index (κ1) is 10.1. The van der Waals surface area contributed by atoms with E-state index in [0.717, 1.165) is 0 Å². The van der Waals surface area contributed by atoms with E-state index in [1.807, 2.05) is 0 Å². The van der Waals surface area contributed by atoms with Gasteiger partial charge in [0, 0.05) is 0 Å². The zero-order valence-electron chi connectivity index (χ0n) is 7.95. The molecule has 0 saturated carbocycles. The lowest BCUT2D eigenvalue weighted by Gasteiger charge is -1.96. The summed E-state index contributed by atoms with van der Waals surface area (Å²) in [4.78, 5) is 0. The zero-order chi connectivity index (χ0) is 10.8. The second-order valence-electron chi connectivity index (χ2n) is 3.04. The molecular formula is C10H8ClFN2O. The van der Waals surface area contributed by atoms with E-state index in [2.05, 4.69) is 10.2 Å². The van der Waals surface area contributed by atoms with E-state index >= 15 is 0 Å². The largest absolute Gasteiger partial charge is 0.419 e. The summed E-state index contributed by atoms with van der Waals surface area (Å²) in [7, 11) is 0. The maximum atomic E-state index is 13.3. The van der Waals surface area contributed by atoms with Crippen LogP contribution in [0.5, 0.6) is 0 Å². The standard InChI is InChI=1S/C10H8ClFN2O/c1-6(11)9-13-14-10(15-9)7-4-2-3-5-8(7)12/h2-6H,1H3. The van der Waals surface area contributed by atoms with Crippen LogP contribution in [0.4, 0.5) is 4.39 Å². The monoisotopic (exact) mass is 226 g/mol. The molecule has 5 heteroatoms. The average Bonchev–Trinajstić information content (AvgIpc) is 2.67. The van der Waals surface area contributed by atoms with Crippen LogP contribution in [0, 0.1) is 5.82 Å². The van der Waals surface area contributed by atoms with Crippen molar-refractivity contribution < 1.29 is 8.81 Å². The van der Waals surface area contributed by atoms with Crippen molar-refractivity contribution >= 4 is 11.6 Å². The summed E-state index contributed by atoms with van der Waals surface area (Å²) < 4.78 is 18.5. The molecule has 1 unspecified atom stereocenters. The number of hydrogen-bond donors (Lipinski definition) is 0. The van der Waals surface area contributed by atoms with Crippen LogP contribution in [0.15, 0.2) is 28.7 Å². The Hall–Kier alpha value is -1.42. The minimum Gasteiger partial charge on any atom is -0.419 e. The molecule has 78 valence electrons. The van der Waals surface area contributed by atoms with Gasteiger partial charge >= 0.3 is 0 Å². The van der Waals surface area contributed by atoms with Gasteiger partial charge in [0.05, 0.1) is 5.56 Å². The molecule has 0 aliphatic carbocycles. The number of alkyl halides is 1. The number of benzene rings is 1. The zero-order valence-corrected chi connectivity index (χ0v) is 8.70. The molecule has 1 aromatic carbocycles. The van der Waals surface area contributed by atoms with Gasteiger partial charge < -0.3 is 4.42 Å². The van der Waals surface area contributed by atoms with Gasteiger partial charge in [0.1, 0.15) is 11.2 Å². The van der Waals surface area contributed by atoms with E-state index in [4.69, 9.17) is 16.0 Å². The molecule has 0 aliphatic rings. The molecule has 0 amide bonds. The third-order valence-corrected chi connectivity index (χ3v) is 2.07. The van der Waals surface area contributed by atoms with Crippen molar-refractivity contribution in [2.75, 3.05) is 0 Å². The molecule has 0 bridgehead atoms. The maximum absolute atomic E-state index is 13.3. The second-order valence-corrected chi connectivity index (χ2v) is 3.70. The molecule has 0 spiro atoms. The molecule has 1 atom stereocenters. The lowest BCUT2D eigenvalue weighted by Crippen LogP contribution is -1.82. The molecule has 2 rings (SSSR count). The van der Waals surface area contributed by atoms with Crippen LogP contribution in [0.25, 0.3) is 11.5 Å². The van der Waals surface area contributed by atoms with Crippen molar-refractivity contribution in [3.63, 3.8) is 0 Å². The van der Waals surface area contributed by atoms with Gasteiger partial charge in [-0.2, -0.15) is 0 Å². The quantitative estimate of drug-likeness (QED) is 0.739. The molecule has 0 aliphatic heterocycles. The van der Waals surface area contributed by atoms with Crippen molar-refractivity contribution in [2.24, 2.45) is 0 Å². The average molecular weight is 227 g/mol. The number of rotatable bonds is 2. The summed E-state index contributed by atoms with van der Waals surface area (Å²) in [5, 5.41) is 7.07. The predicted molar refractivity (Wildman–Crippen MR) is 54.0 cm³/mol. The van der Waals surface area contributed by atoms with Crippen molar-refractivity contribution in [2.45, 2.75) is 12.3 Å². The number of aromatic nitrogens is 2. The Kier molecular flexibility index (Phi) is 2.68. The van der Waals surface area contributed by atoms with Crippen LogP contribution in [-0.4, -0.2) is 10.2 Å². The van der Waals surface area contributed by atoms with Gasteiger partial charge in [-0.15, -0.1) is 21.8 Å². The molecule has 0 radical (unpaired) electrons. The summed E-state index contributed by atoms with van der Waals surface area (Å²) in [6.07, 6.45) is 0. The Morgan fingerprint density at radius 3 is 2.67 bits per heavy atom. The van der Waals surface area contributed by atoms with Crippen LogP contribution in [0.3, 0.4) is 0 Å². The summed E-state index contributed by atoms with van der Waals surface area (Å²) in [6.45, 7) is 1.71. The summed E-state index contributed by atoms with van der Waals surface area (Å²) in [6, 6.07) is 6.21. The molecule has 3 nitrogen and oxygen atoms in total. The first-order valence-electron chi connectivity index (χ1n) is 4.41. The van der Waals surface area contributed by atoms with Crippen LogP contribution >= 0.6 is 11.6 Å². The number of nitrogens with zero attached hydrogens (tertiary/aromatic N) is 2. The smallest absolute Gasteiger partial charge is 0.250 e. The Bertz CT molecular complexity index is 470. The fraction of sp³-hybridized carbons (Fsp3) is 0.200. The third kappa shape index (κ3) is 1.99. The molecule has 1 aromatic heterocycles. The molecule has 0 saturated heterocycles. The van der Waals surface area contributed by atoms with Crippen molar-refractivity contribution in [3.05, 3.63) is 36.0 Å². The SMILES string of the molecule is CC(Cl)c1nnc(-c2ccccc2F)o1. The van der Waals surface area contributed by atoms with Gasteiger partial charge in [-0.1, -0.05) is 12.1 Å². The van der Waals surface area contributed by atoms with E-state index in [-0.39, 0.29) is 22.7 Å². The Morgan fingerprint density at radius 2 is 2.07 bits per heavy atom. The van der Waals surface area contributed by atoms with Gasteiger partial charge in [0.15, 0.2) is 0 Å². The van der Waals surface area contributed by atoms with E-state index in [1.165, 1.54) is 6.07 Å². The fourth-order valence-electron chi connectivity index (χ4n) is 1.14. The Balaban J connectivity index is 2.42. The van der Waals surface area contributed by atoms with E-state index in [9.17, 15) is 4.39 Å². The van der Waals surface area contributed by atoms with Crippen LogP contribution < -0.4 is 0 Å². The minimum absolute atomic E-state index is 0.149. The highest BCUT2D eigenvalue weighted by atomic mass is 35.5. The number of hydrogen-bond acceptors (Lipinski definition) is 3. The molecule has 0 N–H and O–H groups in total. The van der Waals surface area contributed by atoms with E-state index in [1.54, 1.807) is 25.1 Å². The first-order chi connectivity index (χ1) is 7.18. The van der Waals surface area contributed by atoms with Crippen molar-refractivity contribution in [1.82, 2.24) is 10.2 Å². The molecule has 15 heavy (non-hydrogen) atoms. The highest BCUT2D eigenvalue weighted by Gasteiger charge is 2.14. The maximum Gasteiger partial charge on any atom is 0.250 e. The van der Waals surface area contributed by atoms with Gasteiger partial charge in [0.25, 0.3) is 5.89 Å². The first-order valence-corrected chi connectivity index (χ1v) is 4.84. The van der Waals surface area contributed by atoms with Gasteiger partial charge in [0.2, 0.25) is 5.89 Å². The van der Waals surface area contributed by atoms with Crippen LogP contribution in [0.1, 0.15) is 18.2 Å². The minimum atomic E-state index is -0.394. The van der Waals surface area contributed by atoms with Crippen LogP contribution in [0.2, 0.25) is 0 Å². The van der Waals surface area contributed by atoms with Gasteiger partial charge in [-0.25, -0.2) is 4.39 Å². The lowest BCUT2D eigenvalue weighted by atomic mass is 10.2. The van der Waals surface area contributed by atoms with Gasteiger partial charge in [-0.05, 0) is 19.1 Å². The Morgan fingerprint density at radius 1 is 1.33 bits per heavy atom.